The van der Waals surface area contributed by atoms with E-state index >= 15 is 0 Å². The summed E-state index contributed by atoms with van der Waals surface area (Å²) in [6.45, 7) is 4.08. The van der Waals surface area contributed by atoms with Gasteiger partial charge in [-0.3, -0.25) is 4.79 Å². The lowest BCUT2D eigenvalue weighted by Crippen LogP contribution is -2.17. The number of ether oxygens (including phenoxy) is 2. The summed E-state index contributed by atoms with van der Waals surface area (Å²) in [5, 5.41) is 3.04. The van der Waals surface area contributed by atoms with E-state index in [0.29, 0.717) is 11.5 Å². The maximum Gasteiger partial charge on any atom is 0.228 e. The van der Waals surface area contributed by atoms with E-state index in [2.05, 4.69) is 28.2 Å². The lowest BCUT2D eigenvalue weighted by Gasteiger charge is -2.14. The van der Waals surface area contributed by atoms with Gasteiger partial charge in [0.05, 0.1) is 20.6 Å². The Kier molecular flexibility index (Phi) is 6.26. The lowest BCUT2D eigenvalue weighted by molar-refractivity contribution is -0.115. The average molecular weight is 392 g/mol. The number of nitrogens with one attached hydrogen (secondary N) is 1. The van der Waals surface area contributed by atoms with Crippen LogP contribution in [0.1, 0.15) is 23.6 Å². The van der Waals surface area contributed by atoms with Crippen molar-refractivity contribution in [2.45, 2.75) is 26.7 Å². The molecule has 2 rings (SSSR count). The van der Waals surface area contributed by atoms with Gasteiger partial charge in [-0.2, -0.15) is 0 Å². The molecule has 0 aliphatic carbocycles. The summed E-state index contributed by atoms with van der Waals surface area (Å²) in [5.41, 5.74) is 3.95. The van der Waals surface area contributed by atoms with Gasteiger partial charge in [-0.25, -0.2) is 0 Å². The van der Waals surface area contributed by atoms with E-state index in [1.165, 1.54) is 0 Å². The molecule has 0 atom stereocenters. The summed E-state index contributed by atoms with van der Waals surface area (Å²) in [4.78, 5) is 12.5. The predicted molar refractivity (Wildman–Crippen MR) is 100 cm³/mol. The number of methoxy groups -OCH3 is 2. The molecule has 0 radical (unpaired) electrons. The molecule has 5 heteroatoms. The van der Waals surface area contributed by atoms with Crippen LogP contribution in [-0.2, 0) is 17.6 Å². The summed E-state index contributed by atoms with van der Waals surface area (Å²) in [5.74, 6) is 1.17. The number of halogens is 1. The molecule has 1 N–H and O–H groups in total. The van der Waals surface area contributed by atoms with Crippen molar-refractivity contribution in [3.05, 3.63) is 51.5 Å². The molecule has 0 aliphatic rings. The molecule has 2 aromatic rings. The molecule has 2 aromatic carbocycles. The average Bonchev–Trinajstić information content (AvgIpc) is 2.58. The highest BCUT2D eigenvalue weighted by molar-refractivity contribution is 9.10. The molecule has 0 spiro atoms. The summed E-state index contributed by atoms with van der Waals surface area (Å²) in [6, 6.07) is 9.68. The lowest BCUT2D eigenvalue weighted by atomic mass is 10.1. The van der Waals surface area contributed by atoms with Crippen molar-refractivity contribution in [1.82, 2.24) is 0 Å². The van der Waals surface area contributed by atoms with Crippen molar-refractivity contribution in [3.63, 3.8) is 0 Å². The van der Waals surface area contributed by atoms with Crippen molar-refractivity contribution in [2.24, 2.45) is 0 Å². The highest BCUT2D eigenvalue weighted by Crippen LogP contribution is 2.33. The number of hydrogen-bond donors (Lipinski definition) is 1. The van der Waals surface area contributed by atoms with Crippen LogP contribution in [0.25, 0.3) is 0 Å². The van der Waals surface area contributed by atoms with Crippen molar-refractivity contribution >= 4 is 27.5 Å². The van der Waals surface area contributed by atoms with E-state index in [1.807, 2.05) is 37.3 Å². The molecular formula is C19H22BrNO3. The van der Waals surface area contributed by atoms with Gasteiger partial charge in [0.15, 0.2) is 11.5 Å². The Hall–Kier alpha value is -2.01. The van der Waals surface area contributed by atoms with Gasteiger partial charge in [0.2, 0.25) is 5.91 Å². The number of carbonyl (C=O) groups is 1. The normalized spacial score (nSPS) is 10.4. The first-order valence-corrected chi connectivity index (χ1v) is 8.58. The van der Waals surface area contributed by atoms with Gasteiger partial charge in [-0.05, 0) is 42.2 Å². The Bertz CT molecular complexity index is 744. The van der Waals surface area contributed by atoms with Gasteiger partial charge < -0.3 is 14.8 Å². The third-order valence-electron chi connectivity index (χ3n) is 3.91. The van der Waals surface area contributed by atoms with Gasteiger partial charge in [-0.15, -0.1) is 0 Å². The van der Waals surface area contributed by atoms with Crippen LogP contribution in [0.5, 0.6) is 11.5 Å². The van der Waals surface area contributed by atoms with E-state index < -0.39 is 0 Å². The summed E-state index contributed by atoms with van der Waals surface area (Å²) >= 11 is 3.49. The molecule has 0 bridgehead atoms. The molecular weight excluding hydrogens is 370 g/mol. The fourth-order valence-corrected chi connectivity index (χ4v) is 3.05. The summed E-state index contributed by atoms with van der Waals surface area (Å²) < 4.78 is 11.4. The second-order valence-corrected chi connectivity index (χ2v) is 6.34. The predicted octanol–water partition coefficient (Wildman–Crippen LogP) is 4.52. The number of carbonyl (C=O) groups excluding carboxylic acids is 1. The minimum atomic E-state index is -0.0630. The van der Waals surface area contributed by atoms with Gasteiger partial charge in [-0.1, -0.05) is 41.1 Å². The second-order valence-electron chi connectivity index (χ2n) is 5.49. The van der Waals surface area contributed by atoms with Crippen LogP contribution in [0.15, 0.2) is 34.8 Å². The molecule has 128 valence electrons. The maximum atomic E-state index is 12.5. The zero-order valence-corrected chi connectivity index (χ0v) is 16.0. The zero-order valence-electron chi connectivity index (χ0n) is 14.4. The Labute approximate surface area is 151 Å². The molecule has 0 fully saturated rings. The standard InChI is InChI=1S/C19H22BrNO3/c1-5-13-8-6-7-12(2)19(13)21-18(22)10-14-9-16(23-3)17(24-4)11-15(14)20/h6-9,11H,5,10H2,1-4H3,(H,21,22). The smallest absolute Gasteiger partial charge is 0.228 e. The Morgan fingerprint density at radius 1 is 1.12 bits per heavy atom. The topological polar surface area (TPSA) is 47.6 Å². The number of para-hydroxylation sites is 1. The SMILES string of the molecule is CCc1cccc(C)c1NC(=O)Cc1cc(OC)c(OC)cc1Br. The number of anilines is 1. The Balaban J connectivity index is 2.22. The minimum absolute atomic E-state index is 0.0630. The van der Waals surface area contributed by atoms with E-state index in [-0.39, 0.29) is 12.3 Å². The molecule has 0 saturated carbocycles. The van der Waals surface area contributed by atoms with Crippen LogP contribution in [0, 0.1) is 6.92 Å². The van der Waals surface area contributed by atoms with E-state index in [4.69, 9.17) is 9.47 Å². The molecule has 0 saturated heterocycles. The van der Waals surface area contributed by atoms with Gasteiger partial charge in [0, 0.05) is 10.2 Å². The maximum absolute atomic E-state index is 12.5. The van der Waals surface area contributed by atoms with Crippen LogP contribution in [-0.4, -0.2) is 20.1 Å². The molecule has 4 nitrogen and oxygen atoms in total. The van der Waals surface area contributed by atoms with Crippen molar-refractivity contribution in [3.8, 4) is 11.5 Å². The monoisotopic (exact) mass is 391 g/mol. The largest absolute Gasteiger partial charge is 0.493 e. The number of benzene rings is 2. The van der Waals surface area contributed by atoms with Crippen LogP contribution < -0.4 is 14.8 Å². The Morgan fingerprint density at radius 2 is 1.79 bits per heavy atom. The number of hydrogen-bond acceptors (Lipinski definition) is 3. The van der Waals surface area contributed by atoms with Crippen LogP contribution in [0.4, 0.5) is 5.69 Å². The second kappa shape index (κ2) is 8.20. The number of rotatable bonds is 6. The molecule has 0 aromatic heterocycles. The van der Waals surface area contributed by atoms with Crippen LogP contribution in [0.2, 0.25) is 0 Å². The third-order valence-corrected chi connectivity index (χ3v) is 4.65. The van der Waals surface area contributed by atoms with Crippen molar-refractivity contribution < 1.29 is 14.3 Å². The molecule has 0 aliphatic heterocycles. The van der Waals surface area contributed by atoms with Crippen molar-refractivity contribution in [1.29, 1.82) is 0 Å². The number of aryl methyl sites for hydroxylation is 2. The van der Waals surface area contributed by atoms with Gasteiger partial charge in [0.25, 0.3) is 0 Å². The highest BCUT2D eigenvalue weighted by Gasteiger charge is 2.14. The zero-order chi connectivity index (χ0) is 17.7. The first-order chi connectivity index (χ1) is 11.5. The van der Waals surface area contributed by atoms with E-state index in [9.17, 15) is 4.79 Å². The fourth-order valence-electron chi connectivity index (χ4n) is 2.59. The van der Waals surface area contributed by atoms with Crippen LogP contribution in [0.3, 0.4) is 0 Å². The van der Waals surface area contributed by atoms with E-state index in [0.717, 1.165) is 33.3 Å². The van der Waals surface area contributed by atoms with Crippen LogP contribution >= 0.6 is 15.9 Å². The molecule has 24 heavy (non-hydrogen) atoms. The van der Waals surface area contributed by atoms with Crippen molar-refractivity contribution in [2.75, 3.05) is 19.5 Å². The first kappa shape index (κ1) is 18.3. The summed E-state index contributed by atoms with van der Waals surface area (Å²) in [6.07, 6.45) is 1.12. The fraction of sp³-hybridized carbons (Fsp3) is 0.316. The quantitative estimate of drug-likeness (QED) is 0.787. The molecule has 0 heterocycles. The minimum Gasteiger partial charge on any atom is -0.493 e. The Morgan fingerprint density at radius 3 is 2.42 bits per heavy atom. The van der Waals surface area contributed by atoms with Gasteiger partial charge in [0.1, 0.15) is 0 Å². The molecule has 1 amide bonds. The summed E-state index contributed by atoms with van der Waals surface area (Å²) in [7, 11) is 3.16. The molecule has 0 unspecified atom stereocenters. The third kappa shape index (κ3) is 4.09. The van der Waals surface area contributed by atoms with Gasteiger partial charge >= 0.3 is 0 Å². The van der Waals surface area contributed by atoms with E-state index in [1.54, 1.807) is 14.2 Å². The first-order valence-electron chi connectivity index (χ1n) is 7.78. The number of amides is 1. The highest BCUT2D eigenvalue weighted by atomic mass is 79.9.